The molecular weight excluding hydrogens is 190 g/mol. The van der Waals surface area contributed by atoms with Crippen molar-refractivity contribution in [1.82, 2.24) is 14.8 Å². The van der Waals surface area contributed by atoms with Crippen LogP contribution in [0.15, 0.2) is 6.33 Å². The van der Waals surface area contributed by atoms with Gasteiger partial charge in [-0.3, -0.25) is 0 Å². The minimum Gasteiger partial charge on any atom is -0.383 e. The van der Waals surface area contributed by atoms with Crippen LogP contribution >= 0.6 is 0 Å². The fourth-order valence-corrected chi connectivity index (χ4v) is 2.30. The second kappa shape index (κ2) is 5.26. The van der Waals surface area contributed by atoms with Crippen molar-refractivity contribution in [2.24, 2.45) is 0 Å². The topological polar surface area (TPSA) is 39.9 Å². The molecule has 15 heavy (non-hydrogen) atoms. The maximum atomic E-state index is 5.08. The largest absolute Gasteiger partial charge is 0.383 e. The molecule has 0 unspecified atom stereocenters. The second-order valence-corrected chi connectivity index (χ2v) is 4.21. The highest BCUT2D eigenvalue weighted by molar-refractivity contribution is 4.97. The lowest BCUT2D eigenvalue weighted by molar-refractivity contribution is 0.185. The van der Waals surface area contributed by atoms with E-state index >= 15 is 0 Å². The molecule has 4 nitrogen and oxygen atoms in total. The number of hydrogen-bond acceptors (Lipinski definition) is 3. The van der Waals surface area contributed by atoms with E-state index in [1.54, 1.807) is 7.11 Å². The van der Waals surface area contributed by atoms with Crippen molar-refractivity contribution in [3.05, 3.63) is 12.2 Å². The van der Waals surface area contributed by atoms with E-state index in [-0.39, 0.29) is 0 Å². The molecule has 0 saturated heterocycles. The maximum absolute atomic E-state index is 5.08. The van der Waals surface area contributed by atoms with E-state index in [1.807, 2.05) is 6.33 Å². The number of methoxy groups -OCH3 is 1. The van der Waals surface area contributed by atoms with Crippen molar-refractivity contribution in [1.29, 1.82) is 0 Å². The molecule has 84 valence electrons. The zero-order chi connectivity index (χ0) is 10.5. The monoisotopic (exact) mass is 209 g/mol. The van der Waals surface area contributed by atoms with Gasteiger partial charge in [0.15, 0.2) is 0 Å². The van der Waals surface area contributed by atoms with Gasteiger partial charge in [0.25, 0.3) is 0 Å². The van der Waals surface area contributed by atoms with Crippen molar-refractivity contribution >= 4 is 0 Å². The van der Waals surface area contributed by atoms with Crippen LogP contribution in [0.1, 0.15) is 43.8 Å². The highest BCUT2D eigenvalue weighted by atomic mass is 16.5. The van der Waals surface area contributed by atoms with Crippen LogP contribution in [0.25, 0.3) is 0 Å². The third-order valence-electron chi connectivity index (χ3n) is 3.15. The van der Waals surface area contributed by atoms with Crippen LogP contribution in [0.5, 0.6) is 0 Å². The number of aromatic nitrogens is 3. The first-order valence-corrected chi connectivity index (χ1v) is 5.78. The summed E-state index contributed by atoms with van der Waals surface area (Å²) >= 11 is 0. The van der Waals surface area contributed by atoms with Crippen LogP contribution in [-0.2, 0) is 11.3 Å². The Kier molecular flexibility index (Phi) is 3.72. The van der Waals surface area contributed by atoms with Crippen LogP contribution in [0.2, 0.25) is 0 Å². The van der Waals surface area contributed by atoms with E-state index in [1.165, 1.54) is 32.1 Å². The molecule has 0 aliphatic heterocycles. The fourth-order valence-electron chi connectivity index (χ4n) is 2.30. The predicted molar refractivity (Wildman–Crippen MR) is 57.7 cm³/mol. The number of ether oxygens (including phenoxy) is 1. The molecule has 0 radical (unpaired) electrons. The molecule has 1 aliphatic rings. The Morgan fingerprint density at radius 1 is 1.40 bits per heavy atom. The van der Waals surface area contributed by atoms with Crippen LogP contribution < -0.4 is 0 Å². The summed E-state index contributed by atoms with van der Waals surface area (Å²) in [4.78, 5) is 0. The number of nitrogens with zero attached hydrogens (tertiary/aromatic N) is 3. The third-order valence-corrected chi connectivity index (χ3v) is 3.15. The van der Waals surface area contributed by atoms with Crippen LogP contribution in [0.3, 0.4) is 0 Å². The van der Waals surface area contributed by atoms with Gasteiger partial charge in [-0.05, 0) is 12.8 Å². The van der Waals surface area contributed by atoms with E-state index in [0.29, 0.717) is 5.92 Å². The second-order valence-electron chi connectivity index (χ2n) is 4.21. The van der Waals surface area contributed by atoms with E-state index in [4.69, 9.17) is 4.74 Å². The fraction of sp³-hybridized carbons (Fsp3) is 0.818. The first kappa shape index (κ1) is 10.6. The van der Waals surface area contributed by atoms with Gasteiger partial charge in [-0.2, -0.15) is 0 Å². The average molecular weight is 209 g/mol. The highest BCUT2D eigenvalue weighted by Crippen LogP contribution is 2.31. The van der Waals surface area contributed by atoms with Gasteiger partial charge in [-0.25, -0.2) is 0 Å². The van der Waals surface area contributed by atoms with Gasteiger partial charge >= 0.3 is 0 Å². The van der Waals surface area contributed by atoms with Gasteiger partial charge in [0.2, 0.25) is 0 Å². The molecule has 1 heterocycles. The minimum atomic E-state index is 0.623. The average Bonchev–Trinajstić information content (AvgIpc) is 2.75. The van der Waals surface area contributed by atoms with E-state index < -0.39 is 0 Å². The Morgan fingerprint density at radius 2 is 2.20 bits per heavy atom. The van der Waals surface area contributed by atoms with Crippen molar-refractivity contribution in [3.8, 4) is 0 Å². The van der Waals surface area contributed by atoms with Gasteiger partial charge in [-0.1, -0.05) is 19.3 Å². The molecule has 4 heteroatoms. The quantitative estimate of drug-likeness (QED) is 0.761. The van der Waals surface area contributed by atoms with Crippen molar-refractivity contribution in [2.45, 2.75) is 44.6 Å². The normalized spacial score (nSPS) is 18.2. The SMILES string of the molecule is COCCn1cnnc1C1CCCCC1. The Morgan fingerprint density at radius 3 is 2.93 bits per heavy atom. The zero-order valence-electron chi connectivity index (χ0n) is 9.35. The Bertz CT molecular complexity index is 292. The molecule has 0 bridgehead atoms. The van der Waals surface area contributed by atoms with E-state index in [0.717, 1.165) is 19.0 Å². The molecular formula is C11H19N3O. The Hall–Kier alpha value is -0.900. The molecule has 0 spiro atoms. The van der Waals surface area contributed by atoms with E-state index in [9.17, 15) is 0 Å². The summed E-state index contributed by atoms with van der Waals surface area (Å²) in [5.74, 6) is 1.78. The molecule has 0 amide bonds. The Labute approximate surface area is 90.7 Å². The summed E-state index contributed by atoms with van der Waals surface area (Å²) in [6.07, 6.45) is 8.41. The van der Waals surface area contributed by atoms with Crippen LogP contribution in [0.4, 0.5) is 0 Å². The molecule has 2 rings (SSSR count). The molecule has 1 fully saturated rings. The van der Waals surface area contributed by atoms with Crippen molar-refractivity contribution in [2.75, 3.05) is 13.7 Å². The number of rotatable bonds is 4. The molecule has 1 aliphatic carbocycles. The van der Waals surface area contributed by atoms with Gasteiger partial charge < -0.3 is 9.30 Å². The third kappa shape index (κ3) is 2.56. The summed E-state index contributed by atoms with van der Waals surface area (Å²) in [6, 6.07) is 0. The van der Waals surface area contributed by atoms with Gasteiger partial charge in [0.05, 0.1) is 6.61 Å². The predicted octanol–water partition coefficient (Wildman–Crippen LogP) is 1.97. The molecule has 0 N–H and O–H groups in total. The minimum absolute atomic E-state index is 0.623. The maximum Gasteiger partial charge on any atom is 0.135 e. The standard InChI is InChI=1S/C11H19N3O/c1-15-8-7-14-9-12-13-11(14)10-5-3-2-4-6-10/h9-10H,2-8H2,1H3. The molecule has 1 aromatic heterocycles. The lowest BCUT2D eigenvalue weighted by Crippen LogP contribution is -2.13. The molecule has 0 aromatic carbocycles. The Balaban J connectivity index is 2.02. The smallest absolute Gasteiger partial charge is 0.135 e. The molecule has 0 atom stereocenters. The number of hydrogen-bond donors (Lipinski definition) is 0. The van der Waals surface area contributed by atoms with Crippen molar-refractivity contribution < 1.29 is 4.74 Å². The van der Waals surface area contributed by atoms with Gasteiger partial charge in [0, 0.05) is 19.6 Å². The summed E-state index contributed by atoms with van der Waals surface area (Å²) in [5, 5.41) is 8.26. The van der Waals surface area contributed by atoms with Crippen LogP contribution in [-0.4, -0.2) is 28.5 Å². The zero-order valence-corrected chi connectivity index (χ0v) is 9.35. The first-order valence-electron chi connectivity index (χ1n) is 5.78. The summed E-state index contributed by atoms with van der Waals surface area (Å²) in [6.45, 7) is 1.60. The lowest BCUT2D eigenvalue weighted by Gasteiger charge is -2.21. The first-order chi connectivity index (χ1) is 7.42. The van der Waals surface area contributed by atoms with Gasteiger partial charge in [-0.15, -0.1) is 10.2 Å². The summed E-state index contributed by atoms with van der Waals surface area (Å²) < 4.78 is 7.22. The van der Waals surface area contributed by atoms with Crippen LogP contribution in [0, 0.1) is 0 Å². The highest BCUT2D eigenvalue weighted by Gasteiger charge is 2.20. The molecule has 1 saturated carbocycles. The summed E-state index contributed by atoms with van der Waals surface area (Å²) in [7, 11) is 1.73. The van der Waals surface area contributed by atoms with E-state index in [2.05, 4.69) is 14.8 Å². The summed E-state index contributed by atoms with van der Waals surface area (Å²) in [5.41, 5.74) is 0. The van der Waals surface area contributed by atoms with Gasteiger partial charge in [0.1, 0.15) is 12.2 Å². The molecule has 1 aromatic rings. The van der Waals surface area contributed by atoms with Crippen molar-refractivity contribution in [3.63, 3.8) is 0 Å². The lowest BCUT2D eigenvalue weighted by atomic mass is 9.89.